The van der Waals surface area contributed by atoms with Gasteiger partial charge in [0.2, 0.25) is 6.10 Å². The molecule has 0 radical (unpaired) electrons. The monoisotopic (exact) mass is 412 g/mol. The fraction of sp³-hybridized carbons (Fsp3) is 0.333. The molecule has 2 aliphatic rings. The molecule has 2 aromatic heterocycles. The Balaban J connectivity index is 1.17. The molecule has 8 heteroatoms. The van der Waals surface area contributed by atoms with Crippen molar-refractivity contribution < 1.29 is 14.3 Å². The number of carbonyl (C=O) groups is 1. The Labute approximate surface area is 173 Å². The van der Waals surface area contributed by atoms with Crippen LogP contribution in [-0.4, -0.2) is 64.0 Å². The highest BCUT2D eigenvalue weighted by Gasteiger charge is 2.32. The summed E-state index contributed by atoms with van der Waals surface area (Å²) in [7, 11) is 0. The summed E-state index contributed by atoms with van der Waals surface area (Å²) in [5.74, 6) is 1.30. The predicted molar refractivity (Wildman–Crippen MR) is 108 cm³/mol. The van der Waals surface area contributed by atoms with Gasteiger partial charge in [-0.1, -0.05) is 23.7 Å². The number of para-hydroxylation sites is 2. The fourth-order valence-electron chi connectivity index (χ4n) is 3.79. The zero-order valence-electron chi connectivity index (χ0n) is 15.8. The number of hydrogen-bond donors (Lipinski definition) is 0. The minimum absolute atomic E-state index is 0.0125. The van der Waals surface area contributed by atoms with Crippen LogP contribution in [0.15, 0.2) is 48.8 Å². The molecule has 1 amide bonds. The Morgan fingerprint density at radius 1 is 1.07 bits per heavy atom. The first-order chi connectivity index (χ1) is 14.2. The first-order valence-electron chi connectivity index (χ1n) is 9.68. The minimum Gasteiger partial charge on any atom is -0.485 e. The highest BCUT2D eigenvalue weighted by atomic mass is 35.5. The van der Waals surface area contributed by atoms with Crippen LogP contribution >= 0.6 is 11.6 Å². The molecule has 1 saturated heterocycles. The van der Waals surface area contributed by atoms with E-state index in [1.54, 1.807) is 0 Å². The predicted octanol–water partition coefficient (Wildman–Crippen LogP) is 2.47. The van der Waals surface area contributed by atoms with Crippen LogP contribution in [0.2, 0.25) is 5.02 Å². The zero-order valence-corrected chi connectivity index (χ0v) is 16.6. The highest BCUT2D eigenvalue weighted by Crippen LogP contribution is 2.31. The molecule has 0 spiro atoms. The zero-order chi connectivity index (χ0) is 19.8. The van der Waals surface area contributed by atoms with Gasteiger partial charge in [-0.2, -0.15) is 0 Å². The molecule has 4 heterocycles. The maximum absolute atomic E-state index is 12.9. The standard InChI is InChI=1S/C21H21ClN4O3/c22-15-5-6-20-23-16(13-26(20)11-15)12-24-7-9-25(10-8-24)21(27)19-14-28-17-3-1-2-4-18(17)29-19/h1-6,11,13,19H,7-10,12,14H2/t19-/m1/s1. The van der Waals surface area contributed by atoms with Crippen LogP contribution in [0, 0.1) is 0 Å². The first-order valence-corrected chi connectivity index (χ1v) is 10.1. The Morgan fingerprint density at radius 3 is 2.69 bits per heavy atom. The molecule has 150 valence electrons. The van der Waals surface area contributed by atoms with Crippen LogP contribution in [0.5, 0.6) is 11.5 Å². The van der Waals surface area contributed by atoms with Crippen molar-refractivity contribution in [1.29, 1.82) is 0 Å². The number of aromatic nitrogens is 2. The average Bonchev–Trinajstić information content (AvgIpc) is 3.14. The van der Waals surface area contributed by atoms with Crippen LogP contribution < -0.4 is 9.47 Å². The van der Waals surface area contributed by atoms with Gasteiger partial charge in [0.1, 0.15) is 12.3 Å². The quantitative estimate of drug-likeness (QED) is 0.661. The summed E-state index contributed by atoms with van der Waals surface area (Å²) in [5, 5.41) is 0.685. The van der Waals surface area contributed by atoms with Crippen molar-refractivity contribution in [2.24, 2.45) is 0 Å². The maximum atomic E-state index is 12.9. The molecule has 0 N–H and O–H groups in total. The molecule has 0 saturated carbocycles. The van der Waals surface area contributed by atoms with Gasteiger partial charge in [0.05, 0.1) is 10.7 Å². The van der Waals surface area contributed by atoms with Crippen molar-refractivity contribution in [2.45, 2.75) is 12.6 Å². The third-order valence-electron chi connectivity index (χ3n) is 5.32. The van der Waals surface area contributed by atoms with E-state index in [0.717, 1.165) is 31.0 Å². The van der Waals surface area contributed by atoms with Crippen LogP contribution in [0.1, 0.15) is 5.69 Å². The van der Waals surface area contributed by atoms with Gasteiger partial charge >= 0.3 is 0 Å². The Hall–Kier alpha value is -2.77. The van der Waals surface area contributed by atoms with Crippen molar-refractivity contribution >= 4 is 23.2 Å². The van der Waals surface area contributed by atoms with E-state index >= 15 is 0 Å². The normalized spacial score (nSPS) is 19.5. The number of fused-ring (bicyclic) bond motifs is 2. The second-order valence-electron chi connectivity index (χ2n) is 7.31. The van der Waals surface area contributed by atoms with Crippen molar-refractivity contribution in [3.05, 3.63) is 59.5 Å². The van der Waals surface area contributed by atoms with E-state index < -0.39 is 6.10 Å². The number of rotatable bonds is 3. The number of pyridine rings is 1. The Kier molecular flexibility index (Phi) is 4.77. The molecule has 1 atom stereocenters. The molecule has 5 rings (SSSR count). The van der Waals surface area contributed by atoms with Crippen molar-refractivity contribution in [1.82, 2.24) is 19.2 Å². The molecule has 0 unspecified atom stereocenters. The van der Waals surface area contributed by atoms with Gasteiger partial charge in [-0.25, -0.2) is 4.98 Å². The van der Waals surface area contributed by atoms with Crippen molar-refractivity contribution in [3.63, 3.8) is 0 Å². The topological polar surface area (TPSA) is 59.3 Å². The molecule has 0 bridgehead atoms. The fourth-order valence-corrected chi connectivity index (χ4v) is 3.96. The third-order valence-corrected chi connectivity index (χ3v) is 5.54. The van der Waals surface area contributed by atoms with E-state index in [1.807, 2.05) is 58.1 Å². The summed E-state index contributed by atoms with van der Waals surface area (Å²) in [6.07, 6.45) is 3.28. The van der Waals surface area contributed by atoms with Gasteiger partial charge in [0.15, 0.2) is 11.5 Å². The van der Waals surface area contributed by atoms with E-state index in [-0.39, 0.29) is 12.5 Å². The molecule has 1 fully saturated rings. The highest BCUT2D eigenvalue weighted by molar-refractivity contribution is 6.30. The molecule has 7 nitrogen and oxygen atoms in total. The third kappa shape index (κ3) is 3.75. The van der Waals surface area contributed by atoms with E-state index in [9.17, 15) is 4.79 Å². The lowest BCUT2D eigenvalue weighted by Gasteiger charge is -2.36. The average molecular weight is 413 g/mol. The molecule has 0 aliphatic carbocycles. The number of amides is 1. The molecular formula is C21H21ClN4O3. The number of imidazole rings is 1. The minimum atomic E-state index is -0.584. The van der Waals surface area contributed by atoms with Crippen molar-refractivity contribution in [2.75, 3.05) is 32.8 Å². The molecule has 3 aromatic rings. The Morgan fingerprint density at radius 2 is 1.86 bits per heavy atom. The Bertz CT molecular complexity index is 1050. The lowest BCUT2D eigenvalue weighted by molar-refractivity contribution is -0.143. The largest absolute Gasteiger partial charge is 0.485 e. The summed E-state index contributed by atoms with van der Waals surface area (Å²) in [4.78, 5) is 21.7. The SMILES string of the molecule is O=C([C@H]1COc2ccccc2O1)N1CCN(Cc2cn3cc(Cl)ccc3n2)CC1. The van der Waals surface area contributed by atoms with Gasteiger partial charge in [0.25, 0.3) is 5.91 Å². The van der Waals surface area contributed by atoms with E-state index in [2.05, 4.69) is 9.88 Å². The van der Waals surface area contributed by atoms with Crippen LogP contribution in [0.3, 0.4) is 0 Å². The number of hydrogen-bond acceptors (Lipinski definition) is 5. The van der Waals surface area contributed by atoms with Gasteiger partial charge in [-0.15, -0.1) is 0 Å². The number of benzene rings is 1. The number of ether oxygens (including phenoxy) is 2. The number of nitrogens with zero attached hydrogens (tertiary/aromatic N) is 4. The molecule has 2 aliphatic heterocycles. The van der Waals surface area contributed by atoms with Gasteiger partial charge in [-0.3, -0.25) is 9.69 Å². The van der Waals surface area contributed by atoms with E-state index in [0.29, 0.717) is 29.6 Å². The number of piperazine rings is 1. The van der Waals surface area contributed by atoms with Crippen LogP contribution in [0.4, 0.5) is 0 Å². The summed E-state index contributed by atoms with van der Waals surface area (Å²) in [6, 6.07) is 11.2. The first kappa shape index (κ1) is 18.3. The molecule has 29 heavy (non-hydrogen) atoms. The van der Waals surface area contributed by atoms with Gasteiger partial charge < -0.3 is 18.8 Å². The van der Waals surface area contributed by atoms with E-state index in [1.165, 1.54) is 0 Å². The molecular weight excluding hydrogens is 392 g/mol. The second kappa shape index (κ2) is 7.57. The van der Waals surface area contributed by atoms with Crippen molar-refractivity contribution in [3.8, 4) is 11.5 Å². The van der Waals surface area contributed by atoms with Gasteiger partial charge in [0, 0.05) is 45.1 Å². The van der Waals surface area contributed by atoms with Crippen LogP contribution in [-0.2, 0) is 11.3 Å². The van der Waals surface area contributed by atoms with Crippen LogP contribution in [0.25, 0.3) is 5.65 Å². The number of carbonyl (C=O) groups excluding carboxylic acids is 1. The van der Waals surface area contributed by atoms with E-state index in [4.69, 9.17) is 21.1 Å². The molecule has 1 aromatic carbocycles. The lowest BCUT2D eigenvalue weighted by Crippen LogP contribution is -2.53. The lowest BCUT2D eigenvalue weighted by atomic mass is 10.2. The summed E-state index contributed by atoms with van der Waals surface area (Å²) in [6.45, 7) is 3.92. The maximum Gasteiger partial charge on any atom is 0.267 e. The number of halogens is 1. The smallest absolute Gasteiger partial charge is 0.267 e. The summed E-state index contributed by atoms with van der Waals surface area (Å²) < 4.78 is 13.5. The summed E-state index contributed by atoms with van der Waals surface area (Å²) in [5.41, 5.74) is 1.88. The van der Waals surface area contributed by atoms with Gasteiger partial charge in [-0.05, 0) is 24.3 Å². The summed E-state index contributed by atoms with van der Waals surface area (Å²) >= 11 is 6.04. The second-order valence-corrected chi connectivity index (χ2v) is 7.75.